The van der Waals surface area contributed by atoms with E-state index in [9.17, 15) is 5.26 Å². The monoisotopic (exact) mass is 272 g/mol. The van der Waals surface area contributed by atoms with Crippen LogP contribution in [-0.4, -0.2) is 6.21 Å². The van der Waals surface area contributed by atoms with E-state index in [2.05, 4.69) is 29.4 Å². The first-order valence-electron chi connectivity index (χ1n) is 5.92. The Morgan fingerprint density at radius 1 is 1.44 bits per heavy atom. The number of fused-ring (bicyclic) bond motifs is 1. The zero-order valence-electron chi connectivity index (χ0n) is 10.1. The zero-order valence-corrected chi connectivity index (χ0v) is 11.7. The summed E-state index contributed by atoms with van der Waals surface area (Å²) >= 11 is 3.37. The normalized spacial score (nSPS) is 14.0. The van der Waals surface area contributed by atoms with E-state index in [0.29, 0.717) is 0 Å². The molecule has 0 radical (unpaired) electrons. The molecule has 0 atom stereocenters. The summed E-state index contributed by atoms with van der Waals surface area (Å²) in [7, 11) is 0. The molecule has 2 aromatic heterocycles. The van der Waals surface area contributed by atoms with Crippen LogP contribution in [0.2, 0.25) is 0 Å². The minimum absolute atomic E-state index is 0.804. The van der Waals surface area contributed by atoms with Crippen LogP contribution in [0.3, 0.4) is 0 Å². The molecule has 2 heterocycles. The molecule has 18 heavy (non-hydrogen) atoms. The Bertz CT molecular complexity index is 656. The van der Waals surface area contributed by atoms with Crippen LogP contribution >= 0.6 is 22.7 Å². The second-order valence-electron chi connectivity index (χ2n) is 4.38. The lowest BCUT2D eigenvalue weighted by Gasteiger charge is -1.92. The molecule has 1 aliphatic carbocycles. The fourth-order valence-corrected chi connectivity index (χ4v) is 4.20. The number of nitrogens with zero attached hydrogens (tertiary/aromatic N) is 2. The van der Waals surface area contributed by atoms with Gasteiger partial charge in [0, 0.05) is 16.0 Å². The molecule has 0 saturated heterocycles. The van der Waals surface area contributed by atoms with E-state index in [1.54, 1.807) is 22.7 Å². The Kier molecular flexibility index (Phi) is 3.02. The van der Waals surface area contributed by atoms with Crippen LogP contribution in [0, 0.1) is 18.3 Å². The van der Waals surface area contributed by atoms with Gasteiger partial charge >= 0.3 is 0 Å². The third-order valence-corrected chi connectivity index (χ3v) is 5.37. The minimum atomic E-state index is 0.804. The lowest BCUT2D eigenvalue weighted by Crippen LogP contribution is -1.81. The molecule has 90 valence electrons. The molecule has 0 saturated carbocycles. The number of nitriles is 1. The molecular weight excluding hydrogens is 260 g/mol. The molecule has 2 nitrogen and oxygen atoms in total. The number of aliphatic imine (C=N–C) groups is 1. The van der Waals surface area contributed by atoms with Crippen molar-refractivity contribution in [1.82, 2.24) is 0 Å². The van der Waals surface area contributed by atoms with Crippen molar-refractivity contribution in [3.8, 4) is 6.07 Å². The minimum Gasteiger partial charge on any atom is -0.243 e. The molecule has 0 amide bonds. The number of hydrogen-bond donors (Lipinski definition) is 0. The second-order valence-corrected chi connectivity index (χ2v) is 6.41. The first kappa shape index (κ1) is 11.6. The first-order valence-corrected chi connectivity index (χ1v) is 7.62. The van der Waals surface area contributed by atoms with Crippen LogP contribution in [-0.2, 0) is 12.8 Å². The Balaban J connectivity index is 1.97. The maximum atomic E-state index is 9.27. The van der Waals surface area contributed by atoms with Gasteiger partial charge in [-0.3, -0.25) is 0 Å². The predicted molar refractivity (Wildman–Crippen MR) is 77.4 cm³/mol. The highest BCUT2D eigenvalue weighted by Gasteiger charge is 2.21. The van der Waals surface area contributed by atoms with Gasteiger partial charge in [-0.2, -0.15) is 5.26 Å². The van der Waals surface area contributed by atoms with Crippen molar-refractivity contribution >= 4 is 33.9 Å². The fraction of sp³-hybridized carbons (Fsp3) is 0.286. The molecule has 0 bridgehead atoms. The van der Waals surface area contributed by atoms with Gasteiger partial charge in [-0.1, -0.05) is 0 Å². The smallest absolute Gasteiger partial charge is 0.134 e. The average molecular weight is 272 g/mol. The van der Waals surface area contributed by atoms with Crippen molar-refractivity contribution < 1.29 is 0 Å². The lowest BCUT2D eigenvalue weighted by atomic mass is 10.1. The lowest BCUT2D eigenvalue weighted by molar-refractivity contribution is 0.913. The van der Waals surface area contributed by atoms with Crippen LogP contribution in [0.5, 0.6) is 0 Å². The summed E-state index contributed by atoms with van der Waals surface area (Å²) in [6.07, 6.45) is 5.23. The van der Waals surface area contributed by atoms with Gasteiger partial charge in [-0.05, 0) is 48.8 Å². The first-order chi connectivity index (χ1) is 8.79. The predicted octanol–water partition coefficient (Wildman–Crippen LogP) is 4.23. The average Bonchev–Trinajstić information content (AvgIpc) is 3.01. The van der Waals surface area contributed by atoms with Gasteiger partial charge in [0.15, 0.2) is 0 Å². The van der Waals surface area contributed by atoms with Crippen LogP contribution in [0.15, 0.2) is 16.4 Å². The third kappa shape index (κ3) is 1.90. The highest BCUT2D eigenvalue weighted by Crippen LogP contribution is 2.40. The molecule has 4 heteroatoms. The summed E-state index contributed by atoms with van der Waals surface area (Å²) in [6, 6.07) is 4.41. The van der Waals surface area contributed by atoms with Crippen molar-refractivity contribution in [2.45, 2.75) is 26.2 Å². The van der Waals surface area contributed by atoms with Gasteiger partial charge in [-0.25, -0.2) is 4.99 Å². The van der Waals surface area contributed by atoms with Gasteiger partial charge in [0.2, 0.25) is 0 Å². The molecule has 0 N–H and O–H groups in total. The van der Waals surface area contributed by atoms with Crippen LogP contribution in [0.4, 0.5) is 5.00 Å². The molecule has 1 aliphatic rings. The SMILES string of the molecule is Cc1ccsc1C=Nc1sc2c(c1C#N)CCC2. The molecule has 0 aliphatic heterocycles. The van der Waals surface area contributed by atoms with Crippen molar-refractivity contribution in [1.29, 1.82) is 5.26 Å². The van der Waals surface area contributed by atoms with Crippen molar-refractivity contribution in [2.24, 2.45) is 4.99 Å². The summed E-state index contributed by atoms with van der Waals surface area (Å²) < 4.78 is 0. The van der Waals surface area contributed by atoms with E-state index in [1.165, 1.54) is 27.3 Å². The zero-order chi connectivity index (χ0) is 12.5. The number of hydrogen-bond acceptors (Lipinski definition) is 4. The van der Waals surface area contributed by atoms with Crippen LogP contribution in [0.25, 0.3) is 0 Å². The molecular formula is C14H12N2S2. The van der Waals surface area contributed by atoms with Gasteiger partial charge < -0.3 is 0 Å². The summed E-state index contributed by atoms with van der Waals surface area (Å²) in [6.45, 7) is 2.08. The van der Waals surface area contributed by atoms with E-state index in [0.717, 1.165) is 23.4 Å². The molecule has 0 spiro atoms. The van der Waals surface area contributed by atoms with E-state index >= 15 is 0 Å². The quantitative estimate of drug-likeness (QED) is 0.754. The highest BCUT2D eigenvalue weighted by molar-refractivity contribution is 7.16. The fourth-order valence-electron chi connectivity index (χ4n) is 2.23. The van der Waals surface area contributed by atoms with Crippen molar-refractivity contribution in [3.05, 3.63) is 37.9 Å². The summed E-state index contributed by atoms with van der Waals surface area (Å²) in [5, 5.41) is 12.2. The molecule has 0 unspecified atom stereocenters. The van der Waals surface area contributed by atoms with Gasteiger partial charge in [0.05, 0.1) is 5.56 Å². The topological polar surface area (TPSA) is 36.1 Å². The van der Waals surface area contributed by atoms with E-state index in [1.807, 2.05) is 6.21 Å². The Morgan fingerprint density at radius 3 is 3.06 bits per heavy atom. The van der Waals surface area contributed by atoms with E-state index < -0.39 is 0 Å². The van der Waals surface area contributed by atoms with Gasteiger partial charge in [0.25, 0.3) is 0 Å². The summed E-state index contributed by atoms with van der Waals surface area (Å²) in [5.74, 6) is 0. The van der Waals surface area contributed by atoms with Crippen molar-refractivity contribution in [3.63, 3.8) is 0 Å². The Morgan fingerprint density at radius 2 is 2.33 bits per heavy atom. The number of aryl methyl sites for hydroxylation is 2. The van der Waals surface area contributed by atoms with Gasteiger partial charge in [0.1, 0.15) is 11.1 Å². The van der Waals surface area contributed by atoms with Crippen molar-refractivity contribution in [2.75, 3.05) is 0 Å². The Hall–Kier alpha value is -1.44. The van der Waals surface area contributed by atoms with Crippen LogP contribution in [0.1, 0.15) is 32.9 Å². The second kappa shape index (κ2) is 4.68. The summed E-state index contributed by atoms with van der Waals surface area (Å²) in [5.41, 5.74) is 3.29. The number of thiophene rings is 2. The largest absolute Gasteiger partial charge is 0.243 e. The molecule has 0 fully saturated rings. The molecule has 3 rings (SSSR count). The van der Waals surface area contributed by atoms with E-state index in [4.69, 9.17) is 0 Å². The van der Waals surface area contributed by atoms with Crippen LogP contribution < -0.4 is 0 Å². The maximum absolute atomic E-state index is 9.27. The standard InChI is InChI=1S/C14H12N2S2/c1-9-5-6-17-13(9)8-16-14-11(7-15)10-3-2-4-12(10)18-14/h5-6,8H,2-4H2,1H3. The molecule has 0 aromatic carbocycles. The number of rotatable bonds is 2. The highest BCUT2D eigenvalue weighted by atomic mass is 32.1. The summed E-state index contributed by atoms with van der Waals surface area (Å²) in [4.78, 5) is 7.06. The Labute approximate surface area is 114 Å². The van der Waals surface area contributed by atoms with Gasteiger partial charge in [-0.15, -0.1) is 22.7 Å². The molecule has 2 aromatic rings. The maximum Gasteiger partial charge on any atom is 0.134 e. The third-order valence-electron chi connectivity index (χ3n) is 3.22. The van der Waals surface area contributed by atoms with E-state index in [-0.39, 0.29) is 0 Å².